The quantitative estimate of drug-likeness (QED) is 0.0194. The van der Waals surface area contributed by atoms with Crippen LogP contribution in [-0.4, -0.2) is 95.4 Å². The highest BCUT2D eigenvalue weighted by Crippen LogP contribution is 2.26. The number of hydrogen-bond donors (Lipinski definition) is 6. The molecule has 0 bridgehead atoms. The molecule has 368 valence electrons. The molecular weight excluding hydrogens is 811 g/mol. The summed E-state index contributed by atoms with van der Waals surface area (Å²) in [4.78, 5) is 13.1. The van der Waals surface area contributed by atoms with Crippen molar-refractivity contribution in [3.8, 4) is 0 Å². The zero-order valence-electron chi connectivity index (χ0n) is 39.5. The maximum absolute atomic E-state index is 13.1. The predicted octanol–water partition coefficient (Wildman–Crippen LogP) is 10.7. The van der Waals surface area contributed by atoms with Crippen LogP contribution in [0, 0.1) is 0 Å². The molecule has 0 aromatic heterocycles. The molecule has 0 radical (unpaired) electrons. The highest BCUT2D eigenvalue weighted by Gasteiger charge is 2.48. The van der Waals surface area contributed by atoms with Crippen LogP contribution in [0.25, 0.3) is 0 Å². The Labute approximate surface area is 379 Å². The van der Waals surface area contributed by atoms with Crippen molar-refractivity contribution in [2.75, 3.05) is 13.2 Å². The van der Waals surface area contributed by atoms with Gasteiger partial charge in [-0.15, -0.1) is 0 Å². The second-order valence-electron chi connectivity index (χ2n) is 18.1. The number of amides is 1. The van der Waals surface area contributed by atoms with Crippen LogP contribution in [0.3, 0.4) is 0 Å². The lowest BCUT2D eigenvalue weighted by molar-refractivity contribution is -0.298. The van der Waals surface area contributed by atoms with Crippen molar-refractivity contribution in [1.29, 1.82) is 0 Å². The average molecular weight is 906 g/mol. The zero-order chi connectivity index (χ0) is 45.5. The third-order valence-electron chi connectivity index (χ3n) is 12.3. The van der Waals surface area contributed by atoms with E-state index >= 15 is 0 Å². The van der Waals surface area contributed by atoms with Crippen LogP contribution in [0.4, 0.5) is 0 Å². The van der Waals surface area contributed by atoms with E-state index in [-0.39, 0.29) is 18.9 Å². The second-order valence-corrected chi connectivity index (χ2v) is 19.2. The summed E-state index contributed by atoms with van der Waals surface area (Å²) in [7, 11) is -5.08. The van der Waals surface area contributed by atoms with E-state index in [1.807, 2.05) is 0 Å². The Balaban J connectivity index is 2.44. The Morgan fingerprint density at radius 3 is 1.45 bits per heavy atom. The lowest BCUT2D eigenvalue weighted by Gasteiger charge is -2.41. The molecule has 6 N–H and O–H groups in total. The van der Waals surface area contributed by atoms with Crippen LogP contribution in [0.2, 0.25) is 0 Å². The van der Waals surface area contributed by atoms with Crippen molar-refractivity contribution in [3.63, 3.8) is 0 Å². The number of nitrogens with one attached hydrogen (secondary N) is 1. The number of hydrogen-bond acceptors (Lipinski definition) is 10. The van der Waals surface area contributed by atoms with Crippen molar-refractivity contribution in [1.82, 2.24) is 5.32 Å². The van der Waals surface area contributed by atoms with Crippen molar-refractivity contribution < 1.29 is 51.8 Å². The van der Waals surface area contributed by atoms with E-state index in [0.717, 1.165) is 51.4 Å². The summed E-state index contributed by atoms with van der Waals surface area (Å²) in [6.07, 6.45) is 36.3. The minimum absolute atomic E-state index is 0.232. The zero-order valence-corrected chi connectivity index (χ0v) is 40.3. The normalized spacial score (nSPS) is 20.5. The molecule has 62 heavy (non-hydrogen) atoms. The molecule has 1 saturated heterocycles. The van der Waals surface area contributed by atoms with E-state index in [0.29, 0.717) is 12.8 Å². The molecule has 0 aromatic carbocycles. The van der Waals surface area contributed by atoms with Crippen molar-refractivity contribution in [3.05, 3.63) is 12.2 Å². The van der Waals surface area contributed by atoms with Crippen molar-refractivity contribution in [2.45, 2.75) is 281 Å². The number of allylic oxidation sites excluding steroid dienone is 2. The van der Waals surface area contributed by atoms with Gasteiger partial charge in [0, 0.05) is 6.42 Å². The summed E-state index contributed by atoms with van der Waals surface area (Å²) >= 11 is 0. The van der Waals surface area contributed by atoms with Crippen LogP contribution in [0.15, 0.2) is 12.2 Å². The fraction of sp³-hybridized carbons (Fsp3) is 0.939. The fourth-order valence-electron chi connectivity index (χ4n) is 8.34. The molecule has 1 heterocycles. The summed E-state index contributed by atoms with van der Waals surface area (Å²) in [5, 5.41) is 45.0. The molecular formula is C49H95NO11S. The minimum atomic E-state index is -5.08. The van der Waals surface area contributed by atoms with E-state index in [1.54, 1.807) is 0 Å². The number of rotatable bonds is 44. The first-order valence-corrected chi connectivity index (χ1v) is 26.9. The number of aliphatic hydroxyl groups excluding tert-OH is 4. The monoisotopic (exact) mass is 906 g/mol. The molecule has 0 spiro atoms. The van der Waals surface area contributed by atoms with Crippen LogP contribution in [-0.2, 0) is 28.9 Å². The Kier molecular flexibility index (Phi) is 38.1. The molecule has 1 rings (SSSR count). The first-order chi connectivity index (χ1) is 30.0. The van der Waals surface area contributed by atoms with E-state index in [4.69, 9.17) is 9.47 Å². The first-order valence-electron chi connectivity index (χ1n) is 25.6. The smallest absolute Gasteiger partial charge is 0.394 e. The van der Waals surface area contributed by atoms with Crippen LogP contribution >= 0.6 is 0 Å². The van der Waals surface area contributed by atoms with Gasteiger partial charge in [-0.25, -0.2) is 4.18 Å². The summed E-state index contributed by atoms with van der Waals surface area (Å²) in [5.74, 6) is -0.232. The Morgan fingerprint density at radius 1 is 0.629 bits per heavy atom. The van der Waals surface area contributed by atoms with Gasteiger partial charge in [-0.05, 0) is 38.5 Å². The Hall–Kier alpha value is -1.16. The van der Waals surface area contributed by atoms with E-state index in [2.05, 4.69) is 35.5 Å². The predicted molar refractivity (Wildman–Crippen MR) is 250 cm³/mol. The molecule has 1 aliphatic rings. The summed E-state index contributed by atoms with van der Waals surface area (Å²) in [5.41, 5.74) is 0. The molecule has 0 aliphatic carbocycles. The van der Waals surface area contributed by atoms with Gasteiger partial charge in [-0.3, -0.25) is 9.35 Å². The van der Waals surface area contributed by atoms with Crippen LogP contribution in [0.1, 0.15) is 239 Å². The van der Waals surface area contributed by atoms with Gasteiger partial charge >= 0.3 is 10.4 Å². The lowest BCUT2D eigenvalue weighted by Crippen LogP contribution is -2.61. The average Bonchev–Trinajstić information content (AvgIpc) is 3.24. The molecule has 12 nitrogen and oxygen atoms in total. The van der Waals surface area contributed by atoms with Gasteiger partial charge in [0.1, 0.15) is 24.4 Å². The molecule has 0 aromatic rings. The Morgan fingerprint density at radius 2 is 1.03 bits per heavy atom. The molecule has 7 atom stereocenters. The van der Waals surface area contributed by atoms with Gasteiger partial charge in [0.05, 0.1) is 25.4 Å². The third-order valence-corrected chi connectivity index (χ3v) is 12.8. The maximum Gasteiger partial charge on any atom is 0.397 e. The highest BCUT2D eigenvalue weighted by atomic mass is 32.3. The largest absolute Gasteiger partial charge is 0.397 e. The highest BCUT2D eigenvalue weighted by molar-refractivity contribution is 7.80. The number of ether oxygens (including phenoxy) is 2. The lowest BCUT2D eigenvalue weighted by atomic mass is 9.99. The fourth-order valence-corrected chi connectivity index (χ4v) is 8.85. The molecule has 1 fully saturated rings. The van der Waals surface area contributed by atoms with Crippen LogP contribution in [0.5, 0.6) is 0 Å². The second kappa shape index (κ2) is 40.1. The van der Waals surface area contributed by atoms with Gasteiger partial charge in [0.15, 0.2) is 6.29 Å². The molecule has 1 aliphatic heterocycles. The first kappa shape index (κ1) is 58.9. The summed E-state index contributed by atoms with van der Waals surface area (Å²) < 4.78 is 47.8. The van der Waals surface area contributed by atoms with Crippen molar-refractivity contribution in [2.24, 2.45) is 0 Å². The number of unbranched alkanes of at least 4 members (excludes halogenated alkanes) is 30. The van der Waals surface area contributed by atoms with Crippen LogP contribution < -0.4 is 5.32 Å². The van der Waals surface area contributed by atoms with Gasteiger partial charge < -0.3 is 35.2 Å². The molecule has 0 saturated carbocycles. The summed E-state index contributed by atoms with van der Waals surface area (Å²) in [6, 6.07) is -0.857. The summed E-state index contributed by atoms with van der Waals surface area (Å²) in [6.45, 7) is 3.47. The molecule has 13 heteroatoms. The topological polar surface area (TPSA) is 192 Å². The van der Waals surface area contributed by atoms with Crippen molar-refractivity contribution >= 4 is 16.3 Å². The number of carbonyl (C=O) groups is 1. The molecule has 1 amide bonds. The minimum Gasteiger partial charge on any atom is -0.394 e. The maximum atomic E-state index is 13.1. The van der Waals surface area contributed by atoms with Gasteiger partial charge in [-0.1, -0.05) is 206 Å². The van der Waals surface area contributed by atoms with Gasteiger partial charge in [0.2, 0.25) is 5.91 Å². The van der Waals surface area contributed by atoms with E-state index in [1.165, 1.54) is 154 Å². The third kappa shape index (κ3) is 32.5. The number of aliphatic hydroxyl groups is 4. The standard InChI is InChI=1S/C49H95NO11S/c1-3-5-7-9-11-13-15-17-19-21-22-23-25-27-29-31-33-35-37-39-45(53)50-42(41-59-49-47(55)48(61-62(56,57)58)46(54)44(40-51)60-49)43(52)38-36-34-32-30-28-26-24-20-18-16-14-12-10-8-6-4-2/h21-22,42-44,46-49,51-52,54-55H,3-20,23-41H2,1-2H3,(H,50,53)(H,56,57,58)/b22-21-. The number of carbonyl (C=O) groups excluding carboxylic acids is 1. The Bertz CT molecular complexity index is 1160. The van der Waals surface area contributed by atoms with Gasteiger partial charge in [-0.2, -0.15) is 8.42 Å². The van der Waals surface area contributed by atoms with E-state index in [9.17, 15) is 38.2 Å². The van der Waals surface area contributed by atoms with Gasteiger partial charge in [0.25, 0.3) is 0 Å². The van der Waals surface area contributed by atoms with E-state index < -0.39 is 59.9 Å². The SMILES string of the molecule is CCCCCCCCCC/C=C\CCCCCCCCCC(=O)NC(COC1OC(CO)C(O)C(OS(=O)(=O)O)C1O)C(O)CCCCCCCCCCCCCCCCCC. The molecule has 7 unspecified atom stereocenters.